The van der Waals surface area contributed by atoms with Crippen molar-refractivity contribution in [3.05, 3.63) is 52.4 Å². The minimum atomic E-state index is -0.329. The van der Waals surface area contributed by atoms with Crippen LogP contribution in [0.4, 0.5) is 0 Å². The van der Waals surface area contributed by atoms with Crippen LogP contribution in [-0.4, -0.2) is 36.8 Å². The molecule has 1 aromatic carbocycles. The van der Waals surface area contributed by atoms with Crippen molar-refractivity contribution in [3.8, 4) is 5.75 Å². The molecule has 0 unspecified atom stereocenters. The van der Waals surface area contributed by atoms with Gasteiger partial charge >= 0.3 is 0 Å². The number of allylic oxidation sites excluding steroid dienone is 3. The maximum Gasteiger partial charge on any atom is 0.252 e. The van der Waals surface area contributed by atoms with Crippen molar-refractivity contribution in [3.63, 3.8) is 0 Å². The predicted octanol–water partition coefficient (Wildman–Crippen LogP) is 4.31. The molecule has 0 saturated carbocycles. The number of nitrogens with one attached hydrogen (secondary N) is 1. The van der Waals surface area contributed by atoms with E-state index < -0.39 is 0 Å². The number of Topliss-reactive ketones (excluding diaryl/α,β-unsaturated/α-hetero) is 1. The van der Waals surface area contributed by atoms with Crippen LogP contribution in [0.2, 0.25) is 0 Å². The number of nitrogens with zero attached hydrogens (tertiary/aromatic N) is 1. The molecule has 5 nitrogen and oxygen atoms in total. The summed E-state index contributed by atoms with van der Waals surface area (Å²) >= 11 is 0. The van der Waals surface area contributed by atoms with Crippen molar-refractivity contribution in [1.82, 2.24) is 10.2 Å². The van der Waals surface area contributed by atoms with E-state index in [4.69, 9.17) is 4.74 Å². The molecule has 0 spiro atoms. The van der Waals surface area contributed by atoms with Crippen LogP contribution < -0.4 is 10.1 Å². The zero-order valence-electron chi connectivity index (χ0n) is 18.5. The van der Waals surface area contributed by atoms with Gasteiger partial charge in [-0.05, 0) is 55.7 Å². The molecule has 3 aliphatic rings. The Labute approximate surface area is 179 Å². The summed E-state index contributed by atoms with van der Waals surface area (Å²) in [4.78, 5) is 28.9. The van der Waals surface area contributed by atoms with Crippen molar-refractivity contribution in [2.45, 2.75) is 58.8 Å². The largest absolute Gasteiger partial charge is 0.497 e. The number of methoxy groups -OCH3 is 1. The monoisotopic (exact) mass is 408 g/mol. The van der Waals surface area contributed by atoms with Gasteiger partial charge < -0.3 is 15.0 Å². The van der Waals surface area contributed by atoms with Crippen LogP contribution in [0.15, 0.2) is 46.8 Å². The Morgan fingerprint density at radius 3 is 2.40 bits per heavy atom. The number of hydrogen-bond donors (Lipinski definition) is 1. The number of ether oxygens (including phenoxy) is 1. The van der Waals surface area contributed by atoms with Gasteiger partial charge in [-0.3, -0.25) is 9.59 Å². The number of amides is 1. The first-order valence-corrected chi connectivity index (χ1v) is 11.0. The molecule has 1 aliphatic carbocycles. The SMILES string of the molecule is COc1ccc([C@H]2C(C(=O)N3CCCCC3)=C(C)NC3=C2C(=O)CC(C)(C)C3)cc1. The number of carbonyl (C=O) groups is 2. The summed E-state index contributed by atoms with van der Waals surface area (Å²) < 4.78 is 5.32. The highest BCUT2D eigenvalue weighted by Crippen LogP contribution is 2.47. The molecule has 0 radical (unpaired) electrons. The number of benzene rings is 1. The molecule has 1 amide bonds. The van der Waals surface area contributed by atoms with E-state index in [0.29, 0.717) is 12.0 Å². The fourth-order valence-corrected chi connectivity index (χ4v) is 5.12. The summed E-state index contributed by atoms with van der Waals surface area (Å²) in [6, 6.07) is 7.80. The smallest absolute Gasteiger partial charge is 0.252 e. The maximum absolute atomic E-state index is 13.6. The van der Waals surface area contributed by atoms with E-state index in [1.54, 1.807) is 7.11 Å². The van der Waals surface area contributed by atoms with Gasteiger partial charge in [-0.25, -0.2) is 0 Å². The average molecular weight is 409 g/mol. The van der Waals surface area contributed by atoms with E-state index in [0.717, 1.165) is 60.6 Å². The molecule has 1 aromatic rings. The van der Waals surface area contributed by atoms with Crippen LogP contribution in [0.25, 0.3) is 0 Å². The summed E-state index contributed by atoms with van der Waals surface area (Å²) in [6.45, 7) is 7.82. The maximum atomic E-state index is 13.6. The Balaban J connectivity index is 1.81. The summed E-state index contributed by atoms with van der Waals surface area (Å²) in [6.07, 6.45) is 4.57. The van der Waals surface area contributed by atoms with E-state index in [2.05, 4.69) is 19.2 Å². The highest BCUT2D eigenvalue weighted by Gasteiger charge is 2.43. The van der Waals surface area contributed by atoms with E-state index in [-0.39, 0.29) is 23.0 Å². The number of carbonyl (C=O) groups excluding carboxylic acids is 2. The molecule has 1 atom stereocenters. The lowest BCUT2D eigenvalue weighted by Gasteiger charge is -2.41. The second-order valence-electron chi connectivity index (χ2n) is 9.56. The molecule has 4 rings (SSSR count). The third-order valence-electron chi connectivity index (χ3n) is 6.56. The highest BCUT2D eigenvalue weighted by molar-refractivity contribution is 6.05. The number of rotatable bonds is 3. The molecule has 1 saturated heterocycles. The van der Waals surface area contributed by atoms with Crippen molar-refractivity contribution in [2.75, 3.05) is 20.2 Å². The molecule has 5 heteroatoms. The van der Waals surface area contributed by atoms with E-state index in [1.807, 2.05) is 36.1 Å². The Bertz CT molecular complexity index is 918. The molecule has 2 aliphatic heterocycles. The fraction of sp³-hybridized carbons (Fsp3) is 0.520. The standard InChI is InChI=1S/C25H32N2O3/c1-16-21(24(29)27-12-6-5-7-13-27)22(17-8-10-18(30-4)11-9-17)23-19(26-16)14-25(2,3)15-20(23)28/h8-11,22,26H,5-7,12-15H2,1-4H3/t22-/m0/s1. The second-order valence-corrected chi connectivity index (χ2v) is 9.56. The molecular formula is C25H32N2O3. The van der Waals surface area contributed by atoms with Crippen LogP contribution in [-0.2, 0) is 9.59 Å². The van der Waals surface area contributed by atoms with Gasteiger partial charge in [-0.15, -0.1) is 0 Å². The van der Waals surface area contributed by atoms with Crippen LogP contribution in [0.3, 0.4) is 0 Å². The van der Waals surface area contributed by atoms with Crippen LogP contribution in [0, 0.1) is 5.41 Å². The minimum Gasteiger partial charge on any atom is -0.497 e. The van der Waals surface area contributed by atoms with E-state index in [9.17, 15) is 9.59 Å². The number of dihydropyridines is 1. The quantitative estimate of drug-likeness (QED) is 0.810. The van der Waals surface area contributed by atoms with Crippen molar-refractivity contribution in [2.24, 2.45) is 5.41 Å². The van der Waals surface area contributed by atoms with Crippen LogP contribution in [0.5, 0.6) is 5.75 Å². The van der Waals surface area contributed by atoms with E-state index in [1.165, 1.54) is 6.42 Å². The lowest BCUT2D eigenvalue weighted by atomic mass is 9.68. The molecule has 1 fully saturated rings. The van der Waals surface area contributed by atoms with Crippen LogP contribution in [0.1, 0.15) is 64.4 Å². The molecule has 0 bridgehead atoms. The number of likely N-dealkylation sites (tertiary alicyclic amines) is 1. The summed E-state index contributed by atoms with van der Waals surface area (Å²) in [7, 11) is 1.64. The minimum absolute atomic E-state index is 0.0599. The Hall–Kier alpha value is -2.56. The molecule has 30 heavy (non-hydrogen) atoms. The zero-order valence-corrected chi connectivity index (χ0v) is 18.5. The van der Waals surface area contributed by atoms with Crippen molar-refractivity contribution < 1.29 is 14.3 Å². The third-order valence-corrected chi connectivity index (χ3v) is 6.56. The van der Waals surface area contributed by atoms with Gasteiger partial charge in [-0.2, -0.15) is 0 Å². The Morgan fingerprint density at radius 2 is 1.77 bits per heavy atom. The van der Waals surface area contributed by atoms with Crippen molar-refractivity contribution in [1.29, 1.82) is 0 Å². The highest BCUT2D eigenvalue weighted by atomic mass is 16.5. The molecule has 0 aromatic heterocycles. The van der Waals surface area contributed by atoms with Crippen molar-refractivity contribution >= 4 is 11.7 Å². The topological polar surface area (TPSA) is 58.6 Å². The predicted molar refractivity (Wildman–Crippen MR) is 117 cm³/mol. The molecule has 1 N–H and O–H groups in total. The molecule has 160 valence electrons. The van der Waals surface area contributed by atoms with Gasteiger partial charge in [-0.1, -0.05) is 26.0 Å². The van der Waals surface area contributed by atoms with Gasteiger partial charge in [0.25, 0.3) is 5.91 Å². The molecular weight excluding hydrogens is 376 g/mol. The normalized spacial score (nSPS) is 23.8. The Kier molecular flexibility index (Phi) is 5.48. The summed E-state index contributed by atoms with van der Waals surface area (Å²) in [5.41, 5.74) is 4.22. The lowest BCUT2D eigenvalue weighted by molar-refractivity contribution is -0.128. The van der Waals surface area contributed by atoms with Crippen LogP contribution >= 0.6 is 0 Å². The lowest BCUT2D eigenvalue weighted by Crippen LogP contribution is -2.43. The first kappa shape index (κ1) is 20.7. The number of ketones is 1. The van der Waals surface area contributed by atoms with Gasteiger partial charge in [0.05, 0.1) is 7.11 Å². The number of piperidine rings is 1. The third kappa shape index (κ3) is 3.78. The fourth-order valence-electron chi connectivity index (χ4n) is 5.12. The summed E-state index contributed by atoms with van der Waals surface area (Å²) in [5, 5.41) is 3.46. The van der Waals surface area contributed by atoms with Gasteiger partial charge in [0.1, 0.15) is 5.75 Å². The van der Waals surface area contributed by atoms with E-state index >= 15 is 0 Å². The summed E-state index contributed by atoms with van der Waals surface area (Å²) in [5.74, 6) is 0.642. The van der Waals surface area contributed by atoms with Gasteiger partial charge in [0.15, 0.2) is 5.78 Å². The average Bonchev–Trinajstić information content (AvgIpc) is 2.72. The first-order valence-electron chi connectivity index (χ1n) is 11.0. The second kappa shape index (κ2) is 7.93. The molecule has 2 heterocycles. The van der Waals surface area contributed by atoms with Gasteiger partial charge in [0.2, 0.25) is 0 Å². The zero-order chi connectivity index (χ0) is 21.5. The number of hydrogen-bond acceptors (Lipinski definition) is 4. The Morgan fingerprint density at radius 1 is 1.10 bits per heavy atom. The first-order chi connectivity index (χ1) is 14.3. The van der Waals surface area contributed by atoms with Gasteiger partial charge in [0, 0.05) is 48.0 Å².